The highest BCUT2D eigenvalue weighted by Gasteiger charge is 2.06. The summed E-state index contributed by atoms with van der Waals surface area (Å²) >= 11 is 1.18. The predicted molar refractivity (Wildman–Crippen MR) is 72.0 cm³/mol. The van der Waals surface area contributed by atoms with Crippen molar-refractivity contribution >= 4 is 23.0 Å². The molecule has 82 valence electrons. The van der Waals surface area contributed by atoms with E-state index >= 15 is 0 Å². The van der Waals surface area contributed by atoms with E-state index in [0.717, 1.165) is 27.2 Å². The summed E-state index contributed by atoms with van der Waals surface area (Å²) in [4.78, 5) is 11.5. The Hall–Kier alpha value is -1.54. The van der Waals surface area contributed by atoms with Crippen molar-refractivity contribution < 1.29 is 4.79 Å². The predicted octanol–water partition coefficient (Wildman–Crippen LogP) is 4.11. The Balaban J connectivity index is 3.35. The summed E-state index contributed by atoms with van der Waals surface area (Å²) in [5.74, 6) is 0. The van der Waals surface area contributed by atoms with E-state index in [1.165, 1.54) is 11.8 Å². The van der Waals surface area contributed by atoms with Crippen LogP contribution in [0.5, 0.6) is 0 Å². The molecule has 0 radical (unpaired) electrons. The minimum Gasteiger partial charge on any atom is -0.291 e. The molecule has 0 saturated carbocycles. The molecule has 0 amide bonds. The lowest BCUT2D eigenvalue weighted by atomic mass is 10.0. The van der Waals surface area contributed by atoms with Gasteiger partial charge in [0.25, 0.3) is 0 Å². The van der Waals surface area contributed by atoms with Crippen LogP contribution in [0.3, 0.4) is 0 Å². The van der Waals surface area contributed by atoms with Crippen LogP contribution in [0.1, 0.15) is 12.5 Å². The number of rotatable bonds is 5. The van der Waals surface area contributed by atoms with Gasteiger partial charge in [0.05, 0.1) is 0 Å². The third-order valence-corrected chi connectivity index (χ3v) is 2.99. The van der Waals surface area contributed by atoms with E-state index in [-0.39, 0.29) is 0 Å². The lowest BCUT2D eigenvalue weighted by Crippen LogP contribution is -1.88. The number of hydrogen-bond acceptors (Lipinski definition) is 2. The topological polar surface area (TPSA) is 17.1 Å². The van der Waals surface area contributed by atoms with Gasteiger partial charge in [-0.05, 0) is 29.7 Å². The fourth-order valence-electron chi connectivity index (χ4n) is 1.44. The average molecular weight is 230 g/mol. The molecule has 0 aliphatic heterocycles. The van der Waals surface area contributed by atoms with E-state index in [1.807, 2.05) is 31.2 Å². The summed E-state index contributed by atoms with van der Waals surface area (Å²) in [6.45, 7) is 9.53. The van der Waals surface area contributed by atoms with E-state index < -0.39 is 0 Å². The van der Waals surface area contributed by atoms with Crippen molar-refractivity contribution in [2.45, 2.75) is 11.8 Å². The largest absolute Gasteiger partial charge is 0.291 e. The number of thioether (sulfide) groups is 1. The lowest BCUT2D eigenvalue weighted by Gasteiger charge is -2.09. The Bertz CT molecular complexity index is 444. The minimum absolute atomic E-state index is 0.836. The van der Waals surface area contributed by atoms with Gasteiger partial charge in [0, 0.05) is 4.90 Å². The van der Waals surface area contributed by atoms with E-state index in [1.54, 1.807) is 12.2 Å². The molecule has 0 aromatic heterocycles. The molecule has 0 N–H and O–H groups in total. The standard InChI is InChI=1S/C14H14OS/c1-4-11(3)12(5-2)13-8-6-7-9-14(13)16-10-15/h4-10H,1-2H2,3H3/b12-11+. The number of carbonyl (C=O) groups excluding carboxylic acids is 1. The molecule has 0 aliphatic rings. The molecule has 1 aromatic carbocycles. The summed E-state index contributed by atoms with van der Waals surface area (Å²) in [5, 5.41) is 0. The normalized spacial score (nSPS) is 11.6. The van der Waals surface area contributed by atoms with Gasteiger partial charge in [-0.25, -0.2) is 0 Å². The van der Waals surface area contributed by atoms with Crippen LogP contribution in [-0.4, -0.2) is 5.62 Å². The summed E-state index contributed by atoms with van der Waals surface area (Å²) in [5.41, 5.74) is 3.92. The second-order valence-electron chi connectivity index (χ2n) is 3.22. The van der Waals surface area contributed by atoms with Crippen molar-refractivity contribution in [3.05, 3.63) is 60.7 Å². The van der Waals surface area contributed by atoms with Crippen LogP contribution in [0.4, 0.5) is 0 Å². The second kappa shape index (κ2) is 6.13. The molecule has 0 atom stereocenters. The monoisotopic (exact) mass is 230 g/mol. The van der Waals surface area contributed by atoms with Crippen molar-refractivity contribution in [3.63, 3.8) is 0 Å². The van der Waals surface area contributed by atoms with Crippen molar-refractivity contribution in [2.24, 2.45) is 0 Å². The van der Waals surface area contributed by atoms with Crippen LogP contribution in [0.25, 0.3) is 5.57 Å². The first-order valence-corrected chi connectivity index (χ1v) is 5.78. The van der Waals surface area contributed by atoms with Crippen LogP contribution in [0.2, 0.25) is 0 Å². The quantitative estimate of drug-likeness (QED) is 0.430. The van der Waals surface area contributed by atoms with Gasteiger partial charge in [0.2, 0.25) is 0 Å². The average Bonchev–Trinajstić information content (AvgIpc) is 2.32. The summed E-state index contributed by atoms with van der Waals surface area (Å²) in [6, 6.07) is 7.77. The van der Waals surface area contributed by atoms with Gasteiger partial charge in [0.1, 0.15) is 0 Å². The molecule has 0 spiro atoms. The Morgan fingerprint density at radius 3 is 2.50 bits per heavy atom. The van der Waals surface area contributed by atoms with Gasteiger partial charge >= 0.3 is 0 Å². The van der Waals surface area contributed by atoms with E-state index in [4.69, 9.17) is 0 Å². The Morgan fingerprint density at radius 1 is 1.25 bits per heavy atom. The summed E-state index contributed by atoms with van der Waals surface area (Å²) in [7, 11) is 0. The maximum atomic E-state index is 10.6. The zero-order valence-electron chi connectivity index (χ0n) is 9.27. The highest BCUT2D eigenvalue weighted by Crippen LogP contribution is 2.29. The number of benzene rings is 1. The third-order valence-electron chi connectivity index (χ3n) is 2.29. The number of carbonyl (C=O) groups is 1. The van der Waals surface area contributed by atoms with Gasteiger partial charge in [0.15, 0.2) is 5.62 Å². The van der Waals surface area contributed by atoms with Gasteiger partial charge in [-0.1, -0.05) is 55.3 Å². The maximum Gasteiger partial charge on any atom is 0.180 e. The van der Waals surface area contributed by atoms with Gasteiger partial charge in [-0.3, -0.25) is 4.79 Å². The lowest BCUT2D eigenvalue weighted by molar-refractivity contribution is 0.570. The molecule has 0 heterocycles. The molecule has 0 fully saturated rings. The molecule has 1 rings (SSSR count). The van der Waals surface area contributed by atoms with Crippen LogP contribution in [-0.2, 0) is 4.79 Å². The van der Waals surface area contributed by atoms with Gasteiger partial charge < -0.3 is 0 Å². The first-order valence-electron chi connectivity index (χ1n) is 4.90. The van der Waals surface area contributed by atoms with Crippen LogP contribution < -0.4 is 0 Å². The summed E-state index contributed by atoms with van der Waals surface area (Å²) in [6.07, 6.45) is 3.58. The molecular formula is C14H14OS. The van der Waals surface area contributed by atoms with Gasteiger partial charge in [-0.15, -0.1) is 0 Å². The van der Waals surface area contributed by atoms with E-state index in [2.05, 4.69) is 13.2 Å². The Morgan fingerprint density at radius 2 is 1.94 bits per heavy atom. The molecule has 0 aliphatic carbocycles. The molecule has 0 bridgehead atoms. The van der Waals surface area contributed by atoms with Crippen LogP contribution in [0.15, 0.2) is 60.0 Å². The van der Waals surface area contributed by atoms with E-state index in [0.29, 0.717) is 0 Å². The minimum atomic E-state index is 0.836. The molecule has 2 heteroatoms. The zero-order valence-corrected chi connectivity index (χ0v) is 10.1. The number of hydrogen-bond donors (Lipinski definition) is 0. The smallest absolute Gasteiger partial charge is 0.180 e. The van der Waals surface area contributed by atoms with Crippen LogP contribution >= 0.6 is 11.8 Å². The second-order valence-corrected chi connectivity index (χ2v) is 4.08. The molecule has 0 saturated heterocycles. The van der Waals surface area contributed by atoms with Crippen molar-refractivity contribution in [2.75, 3.05) is 0 Å². The summed E-state index contributed by atoms with van der Waals surface area (Å²) < 4.78 is 0. The fraction of sp³-hybridized carbons (Fsp3) is 0.0714. The Kier molecular flexibility index (Phi) is 4.80. The van der Waals surface area contributed by atoms with Crippen molar-refractivity contribution in [3.8, 4) is 0 Å². The zero-order chi connectivity index (χ0) is 12.0. The molecule has 0 unspecified atom stereocenters. The SMILES string of the molecule is C=C/C(C)=C(\C=C)c1ccccc1SC=O. The molecule has 1 aromatic rings. The molecular weight excluding hydrogens is 216 g/mol. The highest BCUT2D eigenvalue weighted by atomic mass is 32.2. The van der Waals surface area contributed by atoms with E-state index in [9.17, 15) is 4.79 Å². The van der Waals surface area contributed by atoms with Crippen molar-refractivity contribution in [1.29, 1.82) is 0 Å². The third kappa shape index (κ3) is 2.74. The fourth-order valence-corrected chi connectivity index (χ4v) is 2.00. The Labute approximate surface area is 101 Å². The van der Waals surface area contributed by atoms with Crippen molar-refractivity contribution in [1.82, 2.24) is 0 Å². The van der Waals surface area contributed by atoms with Crippen LogP contribution in [0, 0.1) is 0 Å². The maximum absolute atomic E-state index is 10.6. The first-order chi connectivity index (χ1) is 7.74. The number of allylic oxidation sites excluding steroid dienone is 4. The van der Waals surface area contributed by atoms with Gasteiger partial charge in [-0.2, -0.15) is 0 Å². The molecule has 1 nitrogen and oxygen atoms in total. The first kappa shape index (κ1) is 12.5. The molecule has 16 heavy (non-hydrogen) atoms. The highest BCUT2D eigenvalue weighted by molar-refractivity contribution is 8.12.